The van der Waals surface area contributed by atoms with E-state index in [1.54, 1.807) is 0 Å². The van der Waals surface area contributed by atoms with E-state index in [1.807, 2.05) is 24.3 Å². The number of nitriles is 4. The topological polar surface area (TPSA) is 104 Å². The van der Waals surface area contributed by atoms with Gasteiger partial charge in [-0.25, -0.2) is 0 Å². The molecule has 1 saturated heterocycles. The van der Waals surface area contributed by atoms with E-state index in [4.69, 9.17) is 25.8 Å². The second-order valence-corrected chi connectivity index (χ2v) is 4.16. The van der Waals surface area contributed by atoms with Gasteiger partial charge in [0.25, 0.3) is 0 Å². The van der Waals surface area contributed by atoms with Crippen LogP contribution in [0.2, 0.25) is 0 Å². The van der Waals surface area contributed by atoms with E-state index < -0.39 is 11.2 Å². The molecule has 0 spiro atoms. The lowest BCUT2D eigenvalue weighted by atomic mass is 9.79. The van der Waals surface area contributed by atoms with Crippen molar-refractivity contribution in [3.05, 3.63) is 0 Å². The monoisotopic (exact) mass is 212 g/mol. The molecule has 1 aliphatic carbocycles. The zero-order valence-corrected chi connectivity index (χ0v) is 8.47. The molecule has 2 fully saturated rings. The van der Waals surface area contributed by atoms with Gasteiger partial charge in [-0.2, -0.15) is 21.0 Å². The molecule has 16 heavy (non-hydrogen) atoms. The van der Waals surface area contributed by atoms with Crippen LogP contribution in [0, 0.1) is 57.2 Å². The Morgan fingerprint density at radius 3 is 1.50 bits per heavy atom. The first-order valence-electron chi connectivity index (χ1n) is 5.03. The van der Waals surface area contributed by atoms with E-state index in [9.17, 15) is 0 Å². The summed E-state index contributed by atoms with van der Waals surface area (Å²) < 4.78 is 5.26. The lowest BCUT2D eigenvalue weighted by molar-refractivity contribution is -0.000608. The van der Waals surface area contributed by atoms with Crippen LogP contribution in [0.3, 0.4) is 0 Å². The van der Waals surface area contributed by atoms with Crippen LogP contribution in [0.15, 0.2) is 0 Å². The maximum Gasteiger partial charge on any atom is 0.246 e. The number of rotatable bonds is 0. The Hall–Kier alpha value is -2.08. The molecule has 0 aromatic heterocycles. The zero-order chi connectivity index (χ0) is 11.8. The average molecular weight is 212 g/mol. The number of ether oxygens (including phenoxy) is 1. The minimum absolute atomic E-state index is 0.318. The van der Waals surface area contributed by atoms with Gasteiger partial charge in [0.15, 0.2) is 0 Å². The molecule has 2 aliphatic rings. The predicted octanol–water partition coefficient (Wildman–Crippen LogP) is 1.00. The van der Waals surface area contributed by atoms with Crippen LogP contribution < -0.4 is 0 Å². The molecule has 5 nitrogen and oxygen atoms in total. The predicted molar refractivity (Wildman–Crippen MR) is 49.8 cm³/mol. The van der Waals surface area contributed by atoms with Crippen molar-refractivity contribution in [2.45, 2.75) is 30.5 Å². The smallest absolute Gasteiger partial charge is 0.246 e. The molecule has 1 heterocycles. The van der Waals surface area contributed by atoms with Crippen molar-refractivity contribution in [2.75, 3.05) is 0 Å². The fraction of sp³-hybridized carbons (Fsp3) is 0.636. The van der Waals surface area contributed by atoms with Crippen LogP contribution in [0.25, 0.3) is 0 Å². The fourth-order valence-electron chi connectivity index (χ4n) is 2.81. The highest BCUT2D eigenvalue weighted by Gasteiger charge is 2.66. The molecule has 2 atom stereocenters. The molecule has 0 radical (unpaired) electrons. The third-order valence-electron chi connectivity index (χ3n) is 3.55. The Morgan fingerprint density at radius 2 is 1.19 bits per heavy atom. The number of fused-ring (bicyclic) bond motifs is 1. The summed E-state index contributed by atoms with van der Waals surface area (Å²) in [6, 6.07) is 7.35. The summed E-state index contributed by atoms with van der Waals surface area (Å²) in [5, 5.41) is 36.3. The fourth-order valence-corrected chi connectivity index (χ4v) is 2.81. The van der Waals surface area contributed by atoms with Gasteiger partial charge in [0.05, 0.1) is 0 Å². The molecule has 0 aromatic carbocycles. The summed E-state index contributed by atoms with van der Waals surface area (Å²) in [5.74, 6) is -0.636. The largest absolute Gasteiger partial charge is 0.312 e. The van der Waals surface area contributed by atoms with E-state index in [-0.39, 0.29) is 11.8 Å². The highest BCUT2D eigenvalue weighted by atomic mass is 16.5. The van der Waals surface area contributed by atoms with Crippen LogP contribution in [-0.2, 0) is 4.74 Å². The molecule has 5 heteroatoms. The summed E-state index contributed by atoms with van der Waals surface area (Å²) in [4.78, 5) is 0. The standard InChI is InChI=1S/C11H8N4O/c12-4-10(5-13)8-2-1-3-9(8)11(6-14,7-15)16-10/h8-9H,1-3H2. The Balaban J connectivity index is 2.54. The van der Waals surface area contributed by atoms with Crippen molar-refractivity contribution in [1.82, 2.24) is 0 Å². The van der Waals surface area contributed by atoms with Crippen molar-refractivity contribution in [3.63, 3.8) is 0 Å². The minimum Gasteiger partial charge on any atom is -0.312 e. The second kappa shape index (κ2) is 3.21. The summed E-state index contributed by atoms with van der Waals surface area (Å²) >= 11 is 0. The lowest BCUT2D eigenvalue weighted by Gasteiger charge is -2.18. The number of hydrogen-bond acceptors (Lipinski definition) is 5. The summed E-state index contributed by atoms with van der Waals surface area (Å²) in [5.41, 5.74) is -3.24. The third kappa shape index (κ3) is 0.989. The van der Waals surface area contributed by atoms with E-state index in [0.29, 0.717) is 12.8 Å². The zero-order valence-electron chi connectivity index (χ0n) is 8.47. The van der Waals surface area contributed by atoms with Gasteiger partial charge in [-0.3, -0.25) is 0 Å². The second-order valence-electron chi connectivity index (χ2n) is 4.16. The average Bonchev–Trinajstić information content (AvgIpc) is 2.90. The van der Waals surface area contributed by atoms with Gasteiger partial charge in [0.2, 0.25) is 11.2 Å². The van der Waals surface area contributed by atoms with Crippen LogP contribution >= 0.6 is 0 Å². The van der Waals surface area contributed by atoms with Gasteiger partial charge >= 0.3 is 0 Å². The van der Waals surface area contributed by atoms with Gasteiger partial charge < -0.3 is 4.74 Å². The molecular formula is C11H8N4O. The van der Waals surface area contributed by atoms with Crippen molar-refractivity contribution >= 4 is 0 Å². The Labute approximate surface area is 93.1 Å². The Bertz CT molecular complexity index is 412. The van der Waals surface area contributed by atoms with Gasteiger partial charge in [0, 0.05) is 11.8 Å². The first kappa shape index (κ1) is 10.4. The molecule has 0 amide bonds. The minimum atomic E-state index is -1.62. The molecule has 1 aliphatic heterocycles. The highest BCUT2D eigenvalue weighted by molar-refractivity contribution is 5.36. The summed E-state index contributed by atoms with van der Waals surface area (Å²) in [6.45, 7) is 0. The first-order chi connectivity index (χ1) is 7.68. The first-order valence-corrected chi connectivity index (χ1v) is 5.03. The van der Waals surface area contributed by atoms with Crippen LogP contribution in [0.1, 0.15) is 19.3 Å². The van der Waals surface area contributed by atoms with Gasteiger partial charge in [-0.1, -0.05) is 6.42 Å². The highest BCUT2D eigenvalue weighted by Crippen LogP contribution is 2.54. The van der Waals surface area contributed by atoms with Crippen molar-refractivity contribution in [2.24, 2.45) is 11.8 Å². The number of nitrogens with zero attached hydrogens (tertiary/aromatic N) is 4. The van der Waals surface area contributed by atoms with Gasteiger partial charge in [-0.05, 0) is 12.8 Å². The SMILES string of the molecule is N#CC1(C#N)OC(C#N)(C#N)C2CCCC21. The Kier molecular flexibility index (Phi) is 2.09. The van der Waals surface area contributed by atoms with Gasteiger partial charge in [-0.15, -0.1) is 0 Å². The lowest BCUT2D eigenvalue weighted by Crippen LogP contribution is -2.35. The molecular weight excluding hydrogens is 204 g/mol. The van der Waals surface area contributed by atoms with Crippen molar-refractivity contribution in [1.29, 1.82) is 21.0 Å². The Morgan fingerprint density at radius 1 is 0.812 bits per heavy atom. The summed E-state index contributed by atoms with van der Waals surface area (Å²) in [7, 11) is 0. The third-order valence-corrected chi connectivity index (χ3v) is 3.55. The molecule has 0 N–H and O–H groups in total. The van der Waals surface area contributed by atoms with E-state index in [0.717, 1.165) is 6.42 Å². The number of hydrogen-bond donors (Lipinski definition) is 0. The molecule has 2 rings (SSSR count). The quantitative estimate of drug-likeness (QED) is 0.595. The van der Waals surface area contributed by atoms with Crippen molar-refractivity contribution < 1.29 is 4.74 Å². The van der Waals surface area contributed by atoms with Crippen molar-refractivity contribution in [3.8, 4) is 24.3 Å². The maximum atomic E-state index is 9.07. The summed E-state index contributed by atoms with van der Waals surface area (Å²) in [6.07, 6.45) is 2.16. The maximum absolute atomic E-state index is 9.07. The van der Waals surface area contributed by atoms with E-state index >= 15 is 0 Å². The normalized spacial score (nSPS) is 32.8. The molecule has 2 unspecified atom stereocenters. The van der Waals surface area contributed by atoms with Crippen LogP contribution in [0.4, 0.5) is 0 Å². The van der Waals surface area contributed by atoms with E-state index in [1.165, 1.54) is 0 Å². The molecule has 1 saturated carbocycles. The molecule has 0 aromatic rings. The van der Waals surface area contributed by atoms with Crippen LogP contribution in [0.5, 0.6) is 0 Å². The molecule has 78 valence electrons. The molecule has 0 bridgehead atoms. The van der Waals surface area contributed by atoms with Gasteiger partial charge in [0.1, 0.15) is 24.3 Å². The van der Waals surface area contributed by atoms with E-state index in [2.05, 4.69) is 0 Å². The van der Waals surface area contributed by atoms with Crippen LogP contribution in [-0.4, -0.2) is 11.2 Å².